The third-order valence-electron chi connectivity index (χ3n) is 4.30. The van der Waals surface area contributed by atoms with Gasteiger partial charge in [-0.25, -0.2) is 4.79 Å². The summed E-state index contributed by atoms with van der Waals surface area (Å²) in [6, 6.07) is 10.9. The van der Waals surface area contributed by atoms with Gasteiger partial charge in [0.2, 0.25) is 5.75 Å². The first kappa shape index (κ1) is 19.5. The van der Waals surface area contributed by atoms with E-state index in [1.807, 2.05) is 31.2 Å². The van der Waals surface area contributed by atoms with Crippen LogP contribution in [0.25, 0.3) is 0 Å². The summed E-state index contributed by atoms with van der Waals surface area (Å²) < 4.78 is 21.6. The topological polar surface area (TPSA) is 83.1 Å². The minimum Gasteiger partial charge on any atom is -0.493 e. The molecule has 0 radical (unpaired) electrons. The summed E-state index contributed by atoms with van der Waals surface area (Å²) in [4.78, 5) is 24.7. The molecule has 1 N–H and O–H groups in total. The normalized spacial score (nSPS) is 13.4. The van der Waals surface area contributed by atoms with Crippen LogP contribution in [0, 0.1) is 6.92 Å². The molecule has 7 heteroatoms. The lowest BCUT2D eigenvalue weighted by molar-refractivity contribution is -0.129. The molecule has 0 fully saturated rings. The van der Waals surface area contributed by atoms with Gasteiger partial charge in [0.05, 0.1) is 12.7 Å². The fourth-order valence-electron chi connectivity index (χ4n) is 2.71. The maximum Gasteiger partial charge on any atom is 0.339 e. The lowest BCUT2D eigenvalue weighted by Crippen LogP contribution is -2.35. The van der Waals surface area contributed by atoms with Gasteiger partial charge in [0.1, 0.15) is 13.2 Å². The fraction of sp³-hybridized carbons (Fsp3) is 0.333. The van der Waals surface area contributed by atoms with Crippen molar-refractivity contribution in [2.45, 2.75) is 26.5 Å². The van der Waals surface area contributed by atoms with E-state index in [9.17, 15) is 9.59 Å². The third kappa shape index (κ3) is 4.54. The zero-order valence-corrected chi connectivity index (χ0v) is 16.1. The lowest BCUT2D eigenvalue weighted by atomic mass is 10.1. The van der Waals surface area contributed by atoms with E-state index in [1.165, 1.54) is 26.2 Å². The van der Waals surface area contributed by atoms with Gasteiger partial charge in [0, 0.05) is 6.54 Å². The highest BCUT2D eigenvalue weighted by molar-refractivity contribution is 5.93. The molecule has 2 aromatic carbocycles. The van der Waals surface area contributed by atoms with Gasteiger partial charge in [0.25, 0.3) is 5.91 Å². The van der Waals surface area contributed by atoms with Crippen molar-refractivity contribution in [3.63, 3.8) is 0 Å². The zero-order valence-electron chi connectivity index (χ0n) is 16.1. The van der Waals surface area contributed by atoms with Gasteiger partial charge in [-0.2, -0.15) is 0 Å². The molecule has 0 bridgehead atoms. The smallest absolute Gasteiger partial charge is 0.339 e. The van der Waals surface area contributed by atoms with Crippen molar-refractivity contribution in [2.24, 2.45) is 0 Å². The maximum atomic E-state index is 12.5. The molecule has 0 spiro atoms. The second-order valence-corrected chi connectivity index (χ2v) is 6.45. The van der Waals surface area contributed by atoms with Crippen LogP contribution in [0.1, 0.15) is 28.4 Å². The Morgan fingerprint density at radius 2 is 1.86 bits per heavy atom. The summed E-state index contributed by atoms with van der Waals surface area (Å²) in [5.41, 5.74) is 2.33. The molecule has 1 heterocycles. The van der Waals surface area contributed by atoms with E-state index in [4.69, 9.17) is 18.9 Å². The highest BCUT2D eigenvalue weighted by Crippen LogP contribution is 2.40. The molecule has 148 valence electrons. The largest absolute Gasteiger partial charge is 0.493 e. The van der Waals surface area contributed by atoms with Crippen LogP contribution in [0.4, 0.5) is 0 Å². The number of carbonyl (C=O) groups is 2. The number of hydrogen-bond acceptors (Lipinski definition) is 6. The summed E-state index contributed by atoms with van der Waals surface area (Å²) in [6.07, 6.45) is -0.947. The molecule has 0 saturated carbocycles. The van der Waals surface area contributed by atoms with Crippen LogP contribution in [0.2, 0.25) is 0 Å². The Labute approximate surface area is 163 Å². The minimum atomic E-state index is -0.947. The number of aryl methyl sites for hydroxylation is 1. The lowest BCUT2D eigenvalue weighted by Gasteiger charge is -2.21. The van der Waals surface area contributed by atoms with Gasteiger partial charge in [0.15, 0.2) is 17.6 Å². The molecule has 2 aromatic rings. The number of esters is 1. The van der Waals surface area contributed by atoms with Crippen LogP contribution < -0.4 is 19.5 Å². The van der Waals surface area contributed by atoms with E-state index < -0.39 is 12.1 Å². The van der Waals surface area contributed by atoms with Crippen LogP contribution in [-0.2, 0) is 16.1 Å². The van der Waals surface area contributed by atoms with Crippen molar-refractivity contribution in [1.82, 2.24) is 5.32 Å². The van der Waals surface area contributed by atoms with Crippen LogP contribution in [0.15, 0.2) is 36.4 Å². The molecule has 0 saturated heterocycles. The SMILES string of the molecule is COc1cc(C(=O)O[C@H](C)C(=O)NCc2ccc(C)cc2)cc2c1OCCO2. The van der Waals surface area contributed by atoms with Gasteiger partial charge in [-0.15, -0.1) is 0 Å². The second kappa shape index (κ2) is 8.65. The third-order valence-corrected chi connectivity index (χ3v) is 4.30. The van der Waals surface area contributed by atoms with E-state index in [0.717, 1.165) is 11.1 Å². The molecule has 1 aliphatic heterocycles. The van der Waals surface area contributed by atoms with Crippen molar-refractivity contribution < 1.29 is 28.5 Å². The number of rotatable bonds is 6. The molecule has 0 aromatic heterocycles. The Hall–Kier alpha value is -3.22. The molecule has 3 rings (SSSR count). The van der Waals surface area contributed by atoms with Crippen molar-refractivity contribution >= 4 is 11.9 Å². The summed E-state index contributed by atoms with van der Waals surface area (Å²) in [7, 11) is 1.48. The number of hydrogen-bond donors (Lipinski definition) is 1. The van der Waals surface area contributed by atoms with Gasteiger partial charge < -0.3 is 24.3 Å². The molecule has 7 nitrogen and oxygen atoms in total. The van der Waals surface area contributed by atoms with Gasteiger partial charge >= 0.3 is 5.97 Å². The summed E-state index contributed by atoms with van der Waals surface area (Å²) >= 11 is 0. The number of ether oxygens (including phenoxy) is 4. The monoisotopic (exact) mass is 385 g/mol. The van der Waals surface area contributed by atoms with Crippen LogP contribution >= 0.6 is 0 Å². The molecular weight excluding hydrogens is 362 g/mol. The van der Waals surface area contributed by atoms with E-state index >= 15 is 0 Å². The molecular formula is C21H23NO6. The minimum absolute atomic E-state index is 0.222. The Bertz CT molecular complexity index is 845. The first-order valence-electron chi connectivity index (χ1n) is 9.00. The van der Waals surface area contributed by atoms with Crippen molar-refractivity contribution in [2.75, 3.05) is 20.3 Å². The second-order valence-electron chi connectivity index (χ2n) is 6.45. The highest BCUT2D eigenvalue weighted by atomic mass is 16.6. The van der Waals surface area contributed by atoms with Crippen LogP contribution in [0.3, 0.4) is 0 Å². The molecule has 1 atom stereocenters. The number of nitrogens with one attached hydrogen (secondary N) is 1. The van der Waals surface area contributed by atoms with Crippen molar-refractivity contribution in [3.05, 3.63) is 53.1 Å². The molecule has 0 aliphatic carbocycles. The van der Waals surface area contributed by atoms with Crippen LogP contribution in [0.5, 0.6) is 17.2 Å². The number of fused-ring (bicyclic) bond motifs is 1. The fourth-order valence-corrected chi connectivity index (χ4v) is 2.71. The van der Waals surface area contributed by atoms with Crippen LogP contribution in [-0.4, -0.2) is 38.3 Å². The van der Waals surface area contributed by atoms with E-state index in [1.54, 1.807) is 0 Å². The van der Waals surface area contributed by atoms with Crippen molar-refractivity contribution in [3.8, 4) is 17.2 Å². The average Bonchev–Trinajstić information content (AvgIpc) is 2.72. The summed E-state index contributed by atoms with van der Waals surface area (Å²) in [5.74, 6) is 0.218. The predicted octanol–water partition coefficient (Wildman–Crippen LogP) is 2.64. The standard InChI is InChI=1S/C21H23NO6/c1-13-4-6-15(7-5-13)12-22-20(23)14(2)28-21(24)16-10-17(25-3)19-18(11-16)26-8-9-27-19/h4-7,10-11,14H,8-9,12H2,1-3H3,(H,22,23)/t14-/m1/s1. The molecule has 0 unspecified atom stereocenters. The number of benzene rings is 2. The molecule has 28 heavy (non-hydrogen) atoms. The Morgan fingerprint density at radius 3 is 2.57 bits per heavy atom. The van der Waals surface area contributed by atoms with Gasteiger partial charge in [-0.1, -0.05) is 29.8 Å². The molecule has 1 aliphatic rings. The average molecular weight is 385 g/mol. The molecule has 1 amide bonds. The highest BCUT2D eigenvalue weighted by Gasteiger charge is 2.24. The first-order chi connectivity index (χ1) is 13.5. The maximum absolute atomic E-state index is 12.5. The van der Waals surface area contributed by atoms with E-state index in [2.05, 4.69) is 5.32 Å². The number of carbonyl (C=O) groups excluding carboxylic acids is 2. The van der Waals surface area contributed by atoms with Gasteiger partial charge in [-0.3, -0.25) is 4.79 Å². The van der Waals surface area contributed by atoms with E-state index in [-0.39, 0.29) is 11.5 Å². The Morgan fingerprint density at radius 1 is 1.14 bits per heavy atom. The number of methoxy groups -OCH3 is 1. The number of amides is 1. The van der Waals surface area contributed by atoms with E-state index in [0.29, 0.717) is 37.0 Å². The summed E-state index contributed by atoms with van der Waals surface area (Å²) in [6.45, 7) is 4.67. The Balaban J connectivity index is 1.61. The predicted molar refractivity (Wildman–Crippen MR) is 102 cm³/mol. The Kier molecular flexibility index (Phi) is 6.03. The zero-order chi connectivity index (χ0) is 20.1. The summed E-state index contributed by atoms with van der Waals surface area (Å²) in [5, 5.41) is 2.76. The first-order valence-corrected chi connectivity index (χ1v) is 9.00. The van der Waals surface area contributed by atoms with Gasteiger partial charge in [-0.05, 0) is 31.5 Å². The van der Waals surface area contributed by atoms with Crippen molar-refractivity contribution in [1.29, 1.82) is 0 Å². The quantitative estimate of drug-likeness (QED) is 0.770.